The molecule has 0 aromatic rings. The van der Waals surface area contributed by atoms with Crippen molar-refractivity contribution in [3.63, 3.8) is 0 Å². The van der Waals surface area contributed by atoms with E-state index in [1.165, 1.54) is 0 Å². The zero-order valence-electron chi connectivity index (χ0n) is 13.1. The summed E-state index contributed by atoms with van der Waals surface area (Å²) in [6, 6.07) is 0. The van der Waals surface area contributed by atoms with Gasteiger partial charge in [0.1, 0.15) is 18.3 Å². The molecular formula is C13H26O10. The summed E-state index contributed by atoms with van der Waals surface area (Å²) in [6.45, 7) is 1.09. The molecule has 0 radical (unpaired) electrons. The highest BCUT2D eigenvalue weighted by atomic mass is 16.6. The van der Waals surface area contributed by atoms with Crippen LogP contribution in [-0.4, -0.2) is 99.8 Å². The van der Waals surface area contributed by atoms with Gasteiger partial charge in [-0.15, -0.1) is 0 Å². The van der Waals surface area contributed by atoms with Gasteiger partial charge in [0.25, 0.3) is 0 Å². The van der Waals surface area contributed by atoms with Crippen molar-refractivity contribution in [3.05, 3.63) is 0 Å². The van der Waals surface area contributed by atoms with Crippen LogP contribution in [0.25, 0.3) is 0 Å². The van der Waals surface area contributed by atoms with Gasteiger partial charge in [-0.3, -0.25) is 4.79 Å². The van der Waals surface area contributed by atoms with E-state index in [1.54, 1.807) is 6.92 Å². The first-order valence-corrected chi connectivity index (χ1v) is 6.89. The second-order valence-electron chi connectivity index (χ2n) is 4.40. The first-order valence-electron chi connectivity index (χ1n) is 6.89. The molecule has 1 unspecified atom stereocenters. The summed E-state index contributed by atoms with van der Waals surface area (Å²) in [4.78, 5) is 21.9. The minimum absolute atomic E-state index is 0.213. The van der Waals surface area contributed by atoms with Crippen molar-refractivity contribution in [1.29, 1.82) is 0 Å². The topological polar surface area (TPSA) is 174 Å². The number of hydrogen-bond donors (Lipinski definition) is 6. The SMILES string of the molecule is CC(=O)O[C@@H]([C@H](O)[C@H](O)CO)[C@H](C=O)OCC(O)CO.CCO. The monoisotopic (exact) mass is 342 g/mol. The van der Waals surface area contributed by atoms with Gasteiger partial charge in [-0.1, -0.05) is 0 Å². The van der Waals surface area contributed by atoms with E-state index in [0.29, 0.717) is 0 Å². The quantitative estimate of drug-likeness (QED) is 0.173. The van der Waals surface area contributed by atoms with E-state index in [4.69, 9.17) is 29.9 Å². The second kappa shape index (κ2) is 14.5. The van der Waals surface area contributed by atoms with Gasteiger partial charge in [-0.05, 0) is 6.92 Å². The summed E-state index contributed by atoms with van der Waals surface area (Å²) >= 11 is 0. The molecule has 0 rings (SSSR count). The fourth-order valence-electron chi connectivity index (χ4n) is 1.34. The Bertz CT molecular complexity index is 311. The predicted octanol–water partition coefficient (Wildman–Crippen LogP) is -3.43. The lowest BCUT2D eigenvalue weighted by atomic mass is 10.0. The van der Waals surface area contributed by atoms with Gasteiger partial charge in [-0.25, -0.2) is 0 Å². The Morgan fingerprint density at radius 1 is 1.13 bits per heavy atom. The van der Waals surface area contributed by atoms with Crippen LogP contribution in [0, 0.1) is 0 Å². The van der Waals surface area contributed by atoms with Crippen molar-refractivity contribution in [2.75, 3.05) is 26.4 Å². The highest BCUT2D eigenvalue weighted by Crippen LogP contribution is 2.12. The van der Waals surface area contributed by atoms with Crippen LogP contribution in [0.5, 0.6) is 0 Å². The molecule has 0 aromatic heterocycles. The number of aliphatic hydroxyl groups excluding tert-OH is 6. The molecule has 0 aliphatic rings. The smallest absolute Gasteiger partial charge is 0.303 e. The Labute approximate surface area is 133 Å². The minimum Gasteiger partial charge on any atom is -0.456 e. The van der Waals surface area contributed by atoms with E-state index in [9.17, 15) is 19.8 Å². The third kappa shape index (κ3) is 11.1. The van der Waals surface area contributed by atoms with Crippen molar-refractivity contribution >= 4 is 12.3 Å². The number of carbonyl (C=O) groups is 2. The van der Waals surface area contributed by atoms with Gasteiger partial charge in [-0.2, -0.15) is 0 Å². The maximum atomic E-state index is 10.9. The molecule has 0 saturated heterocycles. The summed E-state index contributed by atoms with van der Waals surface area (Å²) in [7, 11) is 0. The minimum atomic E-state index is -1.76. The first kappa shape index (κ1) is 24.1. The Hall–Kier alpha value is -1.14. The molecule has 0 spiro atoms. The molecular weight excluding hydrogens is 316 g/mol. The molecule has 0 amide bonds. The Morgan fingerprint density at radius 2 is 1.65 bits per heavy atom. The number of hydrogen-bond acceptors (Lipinski definition) is 10. The van der Waals surface area contributed by atoms with Crippen LogP contribution in [-0.2, 0) is 19.1 Å². The zero-order chi connectivity index (χ0) is 18.4. The van der Waals surface area contributed by atoms with Crippen LogP contribution in [0.4, 0.5) is 0 Å². The third-order valence-corrected chi connectivity index (χ3v) is 2.37. The lowest BCUT2D eigenvalue weighted by Gasteiger charge is -2.29. The number of aliphatic hydroxyl groups is 6. The average molecular weight is 342 g/mol. The maximum Gasteiger partial charge on any atom is 0.303 e. The molecule has 0 aromatic carbocycles. The van der Waals surface area contributed by atoms with Crippen molar-refractivity contribution in [1.82, 2.24) is 0 Å². The molecule has 0 fully saturated rings. The van der Waals surface area contributed by atoms with E-state index in [1.807, 2.05) is 0 Å². The van der Waals surface area contributed by atoms with Gasteiger partial charge in [0.2, 0.25) is 0 Å². The number of aldehydes is 1. The largest absolute Gasteiger partial charge is 0.456 e. The van der Waals surface area contributed by atoms with Crippen molar-refractivity contribution in [2.24, 2.45) is 0 Å². The summed E-state index contributed by atoms with van der Waals surface area (Å²) in [5.41, 5.74) is 0. The zero-order valence-corrected chi connectivity index (χ0v) is 13.1. The number of esters is 1. The van der Waals surface area contributed by atoms with E-state index < -0.39 is 56.3 Å². The Morgan fingerprint density at radius 3 is 2.00 bits per heavy atom. The molecule has 10 heteroatoms. The Balaban J connectivity index is 0. The van der Waals surface area contributed by atoms with Gasteiger partial charge >= 0.3 is 5.97 Å². The van der Waals surface area contributed by atoms with E-state index in [-0.39, 0.29) is 12.9 Å². The fraction of sp³-hybridized carbons (Fsp3) is 0.846. The normalized spacial score (nSPS) is 17.0. The predicted molar refractivity (Wildman–Crippen MR) is 76.3 cm³/mol. The maximum absolute atomic E-state index is 10.9. The van der Waals surface area contributed by atoms with Crippen molar-refractivity contribution in [3.8, 4) is 0 Å². The van der Waals surface area contributed by atoms with E-state index in [2.05, 4.69) is 0 Å². The van der Waals surface area contributed by atoms with E-state index in [0.717, 1.165) is 6.92 Å². The first-order chi connectivity index (χ1) is 10.8. The summed E-state index contributed by atoms with van der Waals surface area (Å²) in [5.74, 6) is -0.836. The van der Waals surface area contributed by atoms with Gasteiger partial charge in [0.05, 0.1) is 19.8 Å². The molecule has 23 heavy (non-hydrogen) atoms. The number of ether oxygens (including phenoxy) is 2. The van der Waals surface area contributed by atoms with Crippen LogP contribution in [0.15, 0.2) is 0 Å². The van der Waals surface area contributed by atoms with Crippen LogP contribution < -0.4 is 0 Å². The molecule has 5 atom stereocenters. The fourth-order valence-corrected chi connectivity index (χ4v) is 1.34. The molecule has 10 nitrogen and oxygen atoms in total. The Kier molecular flexibility index (Phi) is 15.2. The molecule has 0 saturated carbocycles. The highest BCUT2D eigenvalue weighted by molar-refractivity contribution is 5.67. The molecule has 0 bridgehead atoms. The summed E-state index contributed by atoms with van der Waals surface area (Å²) in [6.07, 6.45) is -7.48. The highest BCUT2D eigenvalue weighted by Gasteiger charge is 2.36. The molecule has 138 valence electrons. The molecule has 0 heterocycles. The van der Waals surface area contributed by atoms with Crippen LogP contribution in [0.3, 0.4) is 0 Å². The van der Waals surface area contributed by atoms with Crippen LogP contribution >= 0.6 is 0 Å². The second-order valence-corrected chi connectivity index (χ2v) is 4.40. The summed E-state index contributed by atoms with van der Waals surface area (Å²) < 4.78 is 9.61. The van der Waals surface area contributed by atoms with Crippen molar-refractivity contribution in [2.45, 2.75) is 44.4 Å². The summed E-state index contributed by atoms with van der Waals surface area (Å²) in [5, 5.41) is 53.1. The molecule has 0 aliphatic carbocycles. The van der Waals surface area contributed by atoms with Crippen molar-refractivity contribution < 1.29 is 49.7 Å². The van der Waals surface area contributed by atoms with Gasteiger partial charge in [0.15, 0.2) is 18.5 Å². The number of rotatable bonds is 10. The number of carbonyl (C=O) groups excluding carboxylic acids is 2. The lowest BCUT2D eigenvalue weighted by Crippen LogP contribution is -2.50. The third-order valence-electron chi connectivity index (χ3n) is 2.37. The molecule has 6 N–H and O–H groups in total. The van der Waals surface area contributed by atoms with Gasteiger partial charge < -0.3 is 44.9 Å². The van der Waals surface area contributed by atoms with Crippen LogP contribution in [0.2, 0.25) is 0 Å². The molecule has 0 aliphatic heterocycles. The van der Waals surface area contributed by atoms with Gasteiger partial charge in [0, 0.05) is 13.5 Å². The average Bonchev–Trinajstić information content (AvgIpc) is 2.52. The standard InChI is InChI=1S/C11H20O9.C2H6O/c1-6(15)20-11(10(18)8(17)3-13)9(4-14)19-5-7(16)2-12;1-2-3/h4,7-13,16-18H,2-3,5H2,1H3;3H,2H2,1H3/t7?,8-,9+,10-,11-;/m1./s1. The van der Waals surface area contributed by atoms with E-state index >= 15 is 0 Å². The lowest BCUT2D eigenvalue weighted by molar-refractivity contribution is -0.179. The van der Waals surface area contributed by atoms with Crippen LogP contribution in [0.1, 0.15) is 13.8 Å².